The number of anilines is 1. The number of carbonyl (C=O) groups is 1. The number of nitrogen functional groups attached to an aromatic ring is 1. The van der Waals surface area contributed by atoms with Crippen LogP contribution in [0.3, 0.4) is 0 Å². The van der Waals surface area contributed by atoms with Crippen LogP contribution in [0.15, 0.2) is 47.6 Å². The van der Waals surface area contributed by atoms with Gasteiger partial charge in [0.15, 0.2) is 0 Å². The lowest BCUT2D eigenvalue weighted by molar-refractivity contribution is 0.0955. The van der Waals surface area contributed by atoms with E-state index in [-0.39, 0.29) is 17.0 Å². The van der Waals surface area contributed by atoms with Crippen molar-refractivity contribution in [2.45, 2.75) is 0 Å². The van der Waals surface area contributed by atoms with E-state index in [4.69, 9.17) is 11.0 Å². The molecule has 0 spiro atoms. The van der Waals surface area contributed by atoms with Crippen molar-refractivity contribution in [3.05, 3.63) is 59.2 Å². The monoisotopic (exact) mass is 280 g/mol. The van der Waals surface area contributed by atoms with Gasteiger partial charge in [0.1, 0.15) is 5.75 Å². The predicted molar refractivity (Wildman–Crippen MR) is 78.7 cm³/mol. The Morgan fingerprint density at radius 2 is 2.10 bits per heavy atom. The second-order valence-corrected chi connectivity index (χ2v) is 4.17. The highest BCUT2D eigenvalue weighted by Crippen LogP contribution is 2.23. The number of phenolic OH excluding ortho intramolecular Hbond substituents is 1. The van der Waals surface area contributed by atoms with E-state index >= 15 is 0 Å². The SMILES string of the molecule is N#Cc1cccc(/C=N/NC(=O)c2cccc(O)c2N)c1. The zero-order chi connectivity index (χ0) is 15.2. The van der Waals surface area contributed by atoms with Gasteiger partial charge in [0.25, 0.3) is 5.91 Å². The number of benzene rings is 2. The molecule has 6 nitrogen and oxygen atoms in total. The van der Waals surface area contributed by atoms with Crippen LogP contribution in [0.5, 0.6) is 5.75 Å². The molecule has 0 fully saturated rings. The molecule has 0 atom stereocenters. The predicted octanol–water partition coefficient (Wildman–Crippen LogP) is 1.61. The number of carbonyl (C=O) groups excluding carboxylic acids is 1. The van der Waals surface area contributed by atoms with Crippen molar-refractivity contribution < 1.29 is 9.90 Å². The van der Waals surface area contributed by atoms with Gasteiger partial charge in [0, 0.05) is 0 Å². The lowest BCUT2D eigenvalue weighted by Crippen LogP contribution is -2.19. The van der Waals surface area contributed by atoms with Crippen molar-refractivity contribution in [1.29, 1.82) is 5.26 Å². The fourth-order valence-corrected chi connectivity index (χ4v) is 1.67. The summed E-state index contributed by atoms with van der Waals surface area (Å²) >= 11 is 0. The third-order valence-corrected chi connectivity index (χ3v) is 2.72. The molecule has 0 saturated heterocycles. The van der Waals surface area contributed by atoms with Crippen LogP contribution >= 0.6 is 0 Å². The standard InChI is InChI=1S/C15H12N4O2/c16-8-10-3-1-4-11(7-10)9-18-19-15(21)12-5-2-6-13(20)14(12)17/h1-7,9,20H,17H2,(H,19,21)/b18-9+. The summed E-state index contributed by atoms with van der Waals surface area (Å²) in [6, 6.07) is 13.2. The zero-order valence-electron chi connectivity index (χ0n) is 10.9. The van der Waals surface area contributed by atoms with Gasteiger partial charge in [-0.15, -0.1) is 0 Å². The van der Waals surface area contributed by atoms with Crippen molar-refractivity contribution in [2.75, 3.05) is 5.73 Å². The topological polar surface area (TPSA) is 112 Å². The van der Waals surface area contributed by atoms with Crippen molar-refractivity contribution in [1.82, 2.24) is 5.43 Å². The molecule has 0 saturated carbocycles. The van der Waals surface area contributed by atoms with E-state index in [1.807, 2.05) is 6.07 Å². The summed E-state index contributed by atoms with van der Waals surface area (Å²) in [7, 11) is 0. The maximum atomic E-state index is 11.9. The molecule has 0 aromatic heterocycles. The quantitative estimate of drug-likeness (QED) is 0.343. The molecule has 2 aromatic rings. The van der Waals surface area contributed by atoms with E-state index in [2.05, 4.69) is 10.5 Å². The Labute approximate surface area is 121 Å². The summed E-state index contributed by atoms with van der Waals surface area (Å²) in [5.41, 5.74) is 9.23. The molecule has 4 N–H and O–H groups in total. The summed E-state index contributed by atoms with van der Waals surface area (Å²) in [4.78, 5) is 11.9. The highest BCUT2D eigenvalue weighted by molar-refractivity contribution is 6.00. The summed E-state index contributed by atoms with van der Waals surface area (Å²) in [5.74, 6) is -0.690. The van der Waals surface area contributed by atoms with E-state index in [0.29, 0.717) is 11.1 Å². The van der Waals surface area contributed by atoms with E-state index in [0.717, 1.165) is 0 Å². The third-order valence-electron chi connectivity index (χ3n) is 2.72. The number of aromatic hydroxyl groups is 1. The van der Waals surface area contributed by atoms with Gasteiger partial charge in [-0.2, -0.15) is 10.4 Å². The second-order valence-electron chi connectivity index (χ2n) is 4.17. The molecule has 0 aliphatic rings. The Bertz CT molecular complexity index is 748. The number of nitrogens with two attached hydrogens (primary N) is 1. The third kappa shape index (κ3) is 3.36. The molecule has 0 bridgehead atoms. The minimum atomic E-state index is -0.531. The number of hydrazone groups is 1. The van der Waals surface area contributed by atoms with Crippen LogP contribution in [0.1, 0.15) is 21.5 Å². The molecule has 104 valence electrons. The molecule has 21 heavy (non-hydrogen) atoms. The number of rotatable bonds is 3. The van der Waals surface area contributed by atoms with Gasteiger partial charge < -0.3 is 10.8 Å². The first-order valence-corrected chi connectivity index (χ1v) is 6.03. The molecular weight excluding hydrogens is 268 g/mol. The van der Waals surface area contributed by atoms with Gasteiger partial charge >= 0.3 is 0 Å². The smallest absolute Gasteiger partial charge is 0.273 e. The van der Waals surface area contributed by atoms with E-state index in [1.165, 1.54) is 24.4 Å². The van der Waals surface area contributed by atoms with E-state index in [1.54, 1.807) is 24.3 Å². The number of hydrogen-bond acceptors (Lipinski definition) is 5. The summed E-state index contributed by atoms with van der Waals surface area (Å²) in [6.07, 6.45) is 1.41. The second kappa shape index (κ2) is 6.21. The molecule has 0 aliphatic carbocycles. The Morgan fingerprint density at radius 3 is 2.86 bits per heavy atom. The number of nitrogens with zero attached hydrogens (tertiary/aromatic N) is 2. The lowest BCUT2D eigenvalue weighted by Gasteiger charge is -2.05. The van der Waals surface area contributed by atoms with Crippen LogP contribution in [0.25, 0.3) is 0 Å². The lowest BCUT2D eigenvalue weighted by atomic mass is 10.1. The maximum Gasteiger partial charge on any atom is 0.273 e. The van der Waals surface area contributed by atoms with Crippen molar-refractivity contribution >= 4 is 17.8 Å². The molecule has 6 heteroatoms. The first-order valence-electron chi connectivity index (χ1n) is 6.03. The number of nitriles is 1. The molecular formula is C15H12N4O2. The van der Waals surface area contributed by atoms with E-state index < -0.39 is 5.91 Å². The Balaban J connectivity index is 2.09. The van der Waals surface area contributed by atoms with Gasteiger partial charge in [-0.1, -0.05) is 18.2 Å². The maximum absolute atomic E-state index is 11.9. The number of phenols is 1. The van der Waals surface area contributed by atoms with Crippen LogP contribution in [0, 0.1) is 11.3 Å². The average molecular weight is 280 g/mol. The molecule has 0 radical (unpaired) electrons. The number of para-hydroxylation sites is 1. The average Bonchev–Trinajstić information content (AvgIpc) is 2.50. The van der Waals surface area contributed by atoms with Crippen molar-refractivity contribution in [3.63, 3.8) is 0 Å². The normalized spacial score (nSPS) is 10.2. The number of nitrogens with one attached hydrogen (secondary N) is 1. The fraction of sp³-hybridized carbons (Fsp3) is 0. The molecule has 1 amide bonds. The summed E-state index contributed by atoms with van der Waals surface area (Å²) in [6.45, 7) is 0. The molecule has 0 aliphatic heterocycles. The summed E-state index contributed by atoms with van der Waals surface area (Å²) < 4.78 is 0. The van der Waals surface area contributed by atoms with Crippen LogP contribution in [0.2, 0.25) is 0 Å². The Kier molecular flexibility index (Phi) is 4.17. The minimum absolute atomic E-state index is 0.00308. The van der Waals surface area contributed by atoms with Gasteiger partial charge in [-0.05, 0) is 29.8 Å². The van der Waals surface area contributed by atoms with E-state index in [9.17, 15) is 9.90 Å². The minimum Gasteiger partial charge on any atom is -0.506 e. The Hall–Kier alpha value is -3.33. The van der Waals surface area contributed by atoms with Crippen LogP contribution < -0.4 is 11.2 Å². The number of amides is 1. The zero-order valence-corrected chi connectivity index (χ0v) is 10.9. The fourth-order valence-electron chi connectivity index (χ4n) is 1.67. The van der Waals surface area contributed by atoms with Gasteiger partial charge in [0.2, 0.25) is 0 Å². The van der Waals surface area contributed by atoms with Crippen molar-refractivity contribution in [2.24, 2.45) is 5.10 Å². The Morgan fingerprint density at radius 1 is 1.33 bits per heavy atom. The molecule has 2 rings (SSSR count). The first kappa shape index (κ1) is 14.1. The largest absolute Gasteiger partial charge is 0.506 e. The summed E-state index contributed by atoms with van der Waals surface area (Å²) in [5, 5.41) is 22.0. The van der Waals surface area contributed by atoms with Crippen LogP contribution in [-0.2, 0) is 0 Å². The van der Waals surface area contributed by atoms with Crippen LogP contribution in [0.4, 0.5) is 5.69 Å². The highest BCUT2D eigenvalue weighted by Gasteiger charge is 2.10. The first-order chi connectivity index (χ1) is 10.1. The highest BCUT2D eigenvalue weighted by atomic mass is 16.3. The molecule has 0 unspecified atom stereocenters. The van der Waals surface area contributed by atoms with Gasteiger partial charge in [0.05, 0.1) is 29.1 Å². The van der Waals surface area contributed by atoms with Gasteiger partial charge in [-0.25, -0.2) is 5.43 Å². The van der Waals surface area contributed by atoms with Gasteiger partial charge in [-0.3, -0.25) is 4.79 Å². The number of hydrogen-bond donors (Lipinski definition) is 3. The molecule has 2 aromatic carbocycles. The van der Waals surface area contributed by atoms with Crippen molar-refractivity contribution in [3.8, 4) is 11.8 Å². The van der Waals surface area contributed by atoms with Crippen LogP contribution in [-0.4, -0.2) is 17.2 Å². The molecule has 0 heterocycles.